The van der Waals surface area contributed by atoms with Crippen LogP contribution in [0.2, 0.25) is 0 Å². The molecule has 102 valence electrons. The highest BCUT2D eigenvalue weighted by Gasteiger charge is 2.13. The molecule has 0 saturated heterocycles. The summed E-state index contributed by atoms with van der Waals surface area (Å²) in [6, 6.07) is 24.3. The van der Waals surface area contributed by atoms with Crippen molar-refractivity contribution in [2.75, 3.05) is 5.32 Å². The van der Waals surface area contributed by atoms with Crippen molar-refractivity contribution in [2.24, 2.45) is 0 Å². The zero-order valence-electron chi connectivity index (χ0n) is 11.9. The van der Waals surface area contributed by atoms with Gasteiger partial charge in [-0.3, -0.25) is 0 Å². The van der Waals surface area contributed by atoms with Crippen LogP contribution in [-0.2, 0) is 0 Å². The first-order chi connectivity index (χ1) is 10.3. The first kappa shape index (κ1) is 13.2. The van der Waals surface area contributed by atoms with Crippen molar-refractivity contribution in [1.29, 1.82) is 5.26 Å². The Bertz CT molecular complexity index is 792. The molecule has 21 heavy (non-hydrogen) atoms. The van der Waals surface area contributed by atoms with Gasteiger partial charge in [0.2, 0.25) is 0 Å². The molecule has 0 fully saturated rings. The highest BCUT2D eigenvalue weighted by atomic mass is 14.9. The SMILES string of the molecule is Cc1ccc(NC(C#N)c2cccc3ccccc23)cc1. The van der Waals surface area contributed by atoms with E-state index in [1.807, 2.05) is 48.5 Å². The fourth-order valence-corrected chi connectivity index (χ4v) is 2.50. The van der Waals surface area contributed by atoms with Gasteiger partial charge in [0, 0.05) is 5.69 Å². The molecule has 0 aliphatic rings. The number of hydrogen-bond donors (Lipinski definition) is 1. The van der Waals surface area contributed by atoms with Gasteiger partial charge in [0.15, 0.2) is 0 Å². The van der Waals surface area contributed by atoms with E-state index in [0.29, 0.717) is 0 Å². The Morgan fingerprint density at radius 1 is 0.905 bits per heavy atom. The van der Waals surface area contributed by atoms with Crippen molar-refractivity contribution in [2.45, 2.75) is 13.0 Å². The molecule has 0 heterocycles. The molecular formula is C19H16N2. The average molecular weight is 272 g/mol. The summed E-state index contributed by atoms with van der Waals surface area (Å²) in [6.07, 6.45) is 0. The smallest absolute Gasteiger partial charge is 0.140 e. The number of hydrogen-bond acceptors (Lipinski definition) is 2. The van der Waals surface area contributed by atoms with E-state index in [2.05, 4.69) is 36.5 Å². The summed E-state index contributed by atoms with van der Waals surface area (Å²) in [6.45, 7) is 2.05. The van der Waals surface area contributed by atoms with Crippen molar-refractivity contribution >= 4 is 16.5 Å². The lowest BCUT2D eigenvalue weighted by Gasteiger charge is -2.15. The number of benzene rings is 3. The topological polar surface area (TPSA) is 35.8 Å². The minimum Gasteiger partial charge on any atom is -0.366 e. The largest absolute Gasteiger partial charge is 0.366 e. The third-order valence-electron chi connectivity index (χ3n) is 3.63. The molecule has 0 radical (unpaired) electrons. The van der Waals surface area contributed by atoms with E-state index in [0.717, 1.165) is 22.0 Å². The molecular weight excluding hydrogens is 256 g/mol. The van der Waals surface area contributed by atoms with Gasteiger partial charge in [0.25, 0.3) is 0 Å². The maximum atomic E-state index is 9.54. The van der Waals surface area contributed by atoms with Crippen molar-refractivity contribution in [3.8, 4) is 6.07 Å². The van der Waals surface area contributed by atoms with E-state index in [1.54, 1.807) is 0 Å². The van der Waals surface area contributed by atoms with E-state index in [9.17, 15) is 5.26 Å². The highest BCUT2D eigenvalue weighted by molar-refractivity contribution is 5.86. The van der Waals surface area contributed by atoms with Gasteiger partial charge < -0.3 is 5.32 Å². The Kier molecular flexibility index (Phi) is 3.57. The van der Waals surface area contributed by atoms with Gasteiger partial charge in [0.1, 0.15) is 6.04 Å². The first-order valence-electron chi connectivity index (χ1n) is 6.98. The number of nitriles is 1. The number of fused-ring (bicyclic) bond motifs is 1. The molecule has 0 bridgehead atoms. The molecule has 2 nitrogen and oxygen atoms in total. The number of nitrogens with zero attached hydrogens (tertiary/aromatic N) is 1. The van der Waals surface area contributed by atoms with E-state index in [1.165, 1.54) is 5.56 Å². The zero-order chi connectivity index (χ0) is 14.7. The fraction of sp³-hybridized carbons (Fsp3) is 0.105. The molecule has 3 aromatic carbocycles. The first-order valence-corrected chi connectivity index (χ1v) is 6.98. The van der Waals surface area contributed by atoms with Gasteiger partial charge in [-0.1, -0.05) is 60.2 Å². The molecule has 0 spiro atoms. The maximum absolute atomic E-state index is 9.54. The molecule has 0 aliphatic carbocycles. The summed E-state index contributed by atoms with van der Waals surface area (Å²) in [5.74, 6) is 0. The molecule has 0 saturated carbocycles. The van der Waals surface area contributed by atoms with E-state index >= 15 is 0 Å². The van der Waals surface area contributed by atoms with Crippen molar-refractivity contribution in [3.63, 3.8) is 0 Å². The van der Waals surface area contributed by atoms with Gasteiger partial charge in [-0.2, -0.15) is 5.26 Å². The van der Waals surface area contributed by atoms with E-state index < -0.39 is 0 Å². The normalized spacial score (nSPS) is 11.8. The lowest BCUT2D eigenvalue weighted by atomic mass is 9.99. The second-order valence-corrected chi connectivity index (χ2v) is 5.14. The molecule has 3 aromatic rings. The predicted octanol–water partition coefficient (Wildman–Crippen LogP) is 4.83. The van der Waals surface area contributed by atoms with Crippen molar-refractivity contribution in [1.82, 2.24) is 0 Å². The summed E-state index contributed by atoms with van der Waals surface area (Å²) in [4.78, 5) is 0. The van der Waals surface area contributed by atoms with E-state index in [4.69, 9.17) is 0 Å². The monoisotopic (exact) mass is 272 g/mol. The second-order valence-electron chi connectivity index (χ2n) is 5.14. The summed E-state index contributed by atoms with van der Waals surface area (Å²) >= 11 is 0. The van der Waals surface area contributed by atoms with Crippen LogP contribution in [0.25, 0.3) is 10.8 Å². The Labute approximate surface area is 124 Å². The lowest BCUT2D eigenvalue weighted by Crippen LogP contribution is -2.08. The summed E-state index contributed by atoms with van der Waals surface area (Å²) in [5.41, 5.74) is 3.18. The zero-order valence-corrected chi connectivity index (χ0v) is 11.9. The number of nitrogens with one attached hydrogen (secondary N) is 1. The van der Waals surface area contributed by atoms with Crippen molar-refractivity contribution in [3.05, 3.63) is 77.9 Å². The quantitative estimate of drug-likeness (QED) is 0.741. The van der Waals surface area contributed by atoms with Crippen LogP contribution >= 0.6 is 0 Å². The van der Waals surface area contributed by atoms with Crippen LogP contribution < -0.4 is 5.32 Å². The van der Waals surface area contributed by atoms with E-state index in [-0.39, 0.29) is 6.04 Å². The Morgan fingerprint density at radius 3 is 2.38 bits per heavy atom. The molecule has 1 atom stereocenters. The van der Waals surface area contributed by atoms with Crippen LogP contribution in [0.15, 0.2) is 66.7 Å². The average Bonchev–Trinajstić information content (AvgIpc) is 2.54. The van der Waals surface area contributed by atoms with Gasteiger partial charge >= 0.3 is 0 Å². The third-order valence-corrected chi connectivity index (χ3v) is 3.63. The fourth-order valence-electron chi connectivity index (χ4n) is 2.50. The Hall–Kier alpha value is -2.79. The molecule has 3 rings (SSSR count). The number of aryl methyl sites for hydroxylation is 1. The van der Waals surface area contributed by atoms with Gasteiger partial charge in [-0.05, 0) is 35.4 Å². The number of rotatable bonds is 3. The van der Waals surface area contributed by atoms with Gasteiger partial charge in [-0.15, -0.1) is 0 Å². The van der Waals surface area contributed by atoms with Crippen molar-refractivity contribution < 1.29 is 0 Å². The molecule has 0 amide bonds. The Morgan fingerprint density at radius 2 is 1.62 bits per heavy atom. The van der Waals surface area contributed by atoms with Crippen LogP contribution in [0.4, 0.5) is 5.69 Å². The molecule has 0 aliphatic heterocycles. The highest BCUT2D eigenvalue weighted by Crippen LogP contribution is 2.26. The van der Waals surface area contributed by atoms with Crippen LogP contribution in [-0.4, -0.2) is 0 Å². The maximum Gasteiger partial charge on any atom is 0.140 e. The number of anilines is 1. The minimum absolute atomic E-state index is 0.362. The van der Waals surface area contributed by atoms with Gasteiger partial charge in [-0.25, -0.2) is 0 Å². The minimum atomic E-state index is -0.362. The van der Waals surface area contributed by atoms with Crippen LogP contribution in [0.3, 0.4) is 0 Å². The summed E-state index contributed by atoms with van der Waals surface area (Å²) in [5, 5.41) is 15.1. The standard InChI is InChI=1S/C19H16N2/c1-14-9-11-16(12-10-14)21-19(13-20)18-8-4-6-15-5-2-3-7-17(15)18/h2-12,19,21H,1H3. The molecule has 1 unspecified atom stereocenters. The molecule has 0 aromatic heterocycles. The summed E-state index contributed by atoms with van der Waals surface area (Å²) in [7, 11) is 0. The van der Waals surface area contributed by atoms with Crippen LogP contribution in [0.1, 0.15) is 17.2 Å². The molecule has 1 N–H and O–H groups in total. The lowest BCUT2D eigenvalue weighted by molar-refractivity contribution is 1.01. The van der Waals surface area contributed by atoms with Gasteiger partial charge in [0.05, 0.1) is 6.07 Å². The second kappa shape index (κ2) is 5.68. The third kappa shape index (κ3) is 2.73. The molecule has 2 heteroatoms. The Balaban J connectivity index is 1.99. The summed E-state index contributed by atoms with van der Waals surface area (Å²) < 4.78 is 0. The van der Waals surface area contributed by atoms with Crippen LogP contribution in [0.5, 0.6) is 0 Å². The van der Waals surface area contributed by atoms with Crippen LogP contribution in [0, 0.1) is 18.3 Å². The predicted molar refractivity (Wildman–Crippen MR) is 87.1 cm³/mol.